The predicted octanol–water partition coefficient (Wildman–Crippen LogP) is 2.93. The van der Waals surface area contributed by atoms with Gasteiger partial charge in [-0.05, 0) is 30.3 Å². The largest absolute Gasteiger partial charge is 0.323 e. The molecule has 1 nitrogen and oxygen atoms in total. The fourth-order valence-corrected chi connectivity index (χ4v) is 1.19. The molecule has 0 fully saturated rings. The van der Waals surface area contributed by atoms with Gasteiger partial charge in [0.1, 0.15) is 0 Å². The van der Waals surface area contributed by atoms with Gasteiger partial charge in [-0.25, -0.2) is 0 Å². The molecule has 0 unspecified atom stereocenters. The van der Waals surface area contributed by atoms with Crippen LogP contribution in [-0.4, -0.2) is 4.57 Å². The topological polar surface area (TPSA) is 4.93 Å². The molecule has 0 aliphatic heterocycles. The van der Waals surface area contributed by atoms with E-state index in [1.807, 2.05) is 47.3 Å². The van der Waals surface area contributed by atoms with E-state index in [0.29, 0.717) is 0 Å². The highest BCUT2D eigenvalue weighted by atomic mass is 35.5. The molecule has 0 bridgehead atoms. The van der Waals surface area contributed by atoms with Gasteiger partial charge in [-0.15, -0.1) is 0 Å². The molecule has 59 valence electrons. The molecule has 0 amide bonds. The molecule has 2 heteroatoms. The zero-order valence-electron chi connectivity index (χ0n) is 6.37. The van der Waals surface area contributed by atoms with Crippen LogP contribution < -0.4 is 0 Å². The van der Waals surface area contributed by atoms with Crippen LogP contribution >= 0.6 is 11.6 Å². The smallest absolute Gasteiger partial charge is 0.0450 e. The van der Waals surface area contributed by atoms with Crippen LogP contribution in [0.4, 0.5) is 0 Å². The number of hydrogen-bond acceptors (Lipinski definition) is 0. The van der Waals surface area contributed by atoms with E-state index < -0.39 is 0 Å². The van der Waals surface area contributed by atoms with Gasteiger partial charge in [-0.1, -0.05) is 11.6 Å². The minimum Gasteiger partial charge on any atom is -0.323 e. The second kappa shape index (κ2) is 3.03. The molecule has 12 heavy (non-hydrogen) atoms. The maximum Gasteiger partial charge on any atom is 0.0450 e. The van der Waals surface area contributed by atoms with Crippen molar-refractivity contribution in [3.63, 3.8) is 0 Å². The third kappa shape index (κ3) is 1.36. The summed E-state index contributed by atoms with van der Waals surface area (Å²) in [4.78, 5) is 0. The highest BCUT2D eigenvalue weighted by Crippen LogP contribution is 2.12. The third-order valence-electron chi connectivity index (χ3n) is 1.67. The van der Waals surface area contributed by atoms with Gasteiger partial charge in [-0.3, -0.25) is 0 Å². The number of benzene rings is 1. The first-order valence-electron chi connectivity index (χ1n) is 3.66. The molecule has 0 saturated carbocycles. The zero-order valence-corrected chi connectivity index (χ0v) is 7.12. The lowest BCUT2D eigenvalue weighted by atomic mass is 10.3. The molecule has 1 heterocycles. The molecular weight excluding hydrogens is 170 g/mol. The average molecular weight is 177 g/mol. The Kier molecular flexibility index (Phi) is 1.88. The minimum atomic E-state index is 0.759. The highest BCUT2D eigenvalue weighted by molar-refractivity contribution is 6.30. The zero-order chi connectivity index (χ0) is 8.39. The molecule has 0 atom stereocenters. The van der Waals surface area contributed by atoms with Gasteiger partial charge in [0, 0.05) is 29.2 Å². The molecule has 0 saturated heterocycles. The predicted molar refractivity (Wildman–Crippen MR) is 49.6 cm³/mol. The Labute approximate surface area is 76.2 Å². The van der Waals surface area contributed by atoms with E-state index in [0.717, 1.165) is 10.7 Å². The second-order valence-electron chi connectivity index (χ2n) is 2.50. The molecule has 2 aromatic rings. The summed E-state index contributed by atoms with van der Waals surface area (Å²) >= 11 is 5.76. The Hall–Kier alpha value is -1.21. The van der Waals surface area contributed by atoms with Gasteiger partial charge in [-0.2, -0.15) is 0 Å². The van der Waals surface area contributed by atoms with E-state index in [-0.39, 0.29) is 0 Å². The average Bonchev–Trinajstić information content (AvgIpc) is 2.58. The van der Waals surface area contributed by atoms with Crippen molar-refractivity contribution in [1.29, 1.82) is 0 Å². The SMILES string of the molecule is Clc1ccc(-n2c[c]cc2)cc1. The maximum atomic E-state index is 5.76. The Morgan fingerprint density at radius 1 is 1.17 bits per heavy atom. The molecule has 2 rings (SSSR count). The summed E-state index contributed by atoms with van der Waals surface area (Å²) in [5.41, 5.74) is 1.10. The van der Waals surface area contributed by atoms with E-state index in [1.165, 1.54) is 0 Å². The van der Waals surface area contributed by atoms with Crippen LogP contribution in [0.5, 0.6) is 0 Å². The van der Waals surface area contributed by atoms with Gasteiger partial charge in [0.25, 0.3) is 0 Å². The lowest BCUT2D eigenvalue weighted by Crippen LogP contribution is -1.87. The Balaban J connectivity index is 2.43. The van der Waals surface area contributed by atoms with E-state index in [1.54, 1.807) is 0 Å². The molecule has 0 aliphatic carbocycles. The first kappa shape index (κ1) is 7.44. The van der Waals surface area contributed by atoms with Crippen molar-refractivity contribution < 1.29 is 0 Å². The first-order valence-corrected chi connectivity index (χ1v) is 4.04. The second-order valence-corrected chi connectivity index (χ2v) is 2.93. The van der Waals surface area contributed by atoms with E-state index in [2.05, 4.69) is 6.07 Å². The van der Waals surface area contributed by atoms with Crippen molar-refractivity contribution in [2.45, 2.75) is 0 Å². The fourth-order valence-electron chi connectivity index (χ4n) is 1.06. The summed E-state index contributed by atoms with van der Waals surface area (Å²) in [7, 11) is 0. The van der Waals surface area contributed by atoms with Crippen molar-refractivity contribution in [1.82, 2.24) is 4.57 Å². The van der Waals surface area contributed by atoms with Crippen LogP contribution in [0, 0.1) is 6.07 Å². The van der Waals surface area contributed by atoms with Crippen molar-refractivity contribution in [2.75, 3.05) is 0 Å². The van der Waals surface area contributed by atoms with Gasteiger partial charge in [0.15, 0.2) is 0 Å². The number of halogens is 1. The summed E-state index contributed by atoms with van der Waals surface area (Å²) in [6.45, 7) is 0. The maximum absolute atomic E-state index is 5.76. The standard InChI is InChI=1S/C10H7ClN/c11-9-3-5-10(6-4-9)12-7-1-2-8-12/h1,3-8H. The summed E-state index contributed by atoms with van der Waals surface area (Å²) in [5, 5.41) is 0.759. The van der Waals surface area contributed by atoms with Crippen molar-refractivity contribution >= 4 is 11.6 Å². The van der Waals surface area contributed by atoms with Crippen LogP contribution in [0.3, 0.4) is 0 Å². The van der Waals surface area contributed by atoms with Crippen molar-refractivity contribution in [2.24, 2.45) is 0 Å². The van der Waals surface area contributed by atoms with Crippen molar-refractivity contribution in [3.8, 4) is 5.69 Å². The van der Waals surface area contributed by atoms with Gasteiger partial charge in [0.05, 0.1) is 0 Å². The van der Waals surface area contributed by atoms with Gasteiger partial charge in [0.2, 0.25) is 0 Å². The normalized spacial score (nSPS) is 10.1. The quantitative estimate of drug-likeness (QED) is 0.630. The first-order chi connectivity index (χ1) is 5.86. The molecule has 0 spiro atoms. The Morgan fingerprint density at radius 2 is 1.92 bits per heavy atom. The van der Waals surface area contributed by atoms with E-state index in [9.17, 15) is 0 Å². The monoisotopic (exact) mass is 176 g/mol. The summed E-state index contributed by atoms with van der Waals surface area (Å²) in [5.74, 6) is 0. The molecular formula is C10H7ClN. The number of hydrogen-bond donors (Lipinski definition) is 0. The molecule has 0 aliphatic rings. The Bertz CT molecular complexity index is 348. The van der Waals surface area contributed by atoms with Crippen LogP contribution in [0.2, 0.25) is 5.02 Å². The van der Waals surface area contributed by atoms with Gasteiger partial charge < -0.3 is 4.57 Å². The van der Waals surface area contributed by atoms with Gasteiger partial charge >= 0.3 is 0 Å². The van der Waals surface area contributed by atoms with E-state index in [4.69, 9.17) is 11.6 Å². The summed E-state index contributed by atoms with van der Waals surface area (Å²) < 4.78 is 1.98. The van der Waals surface area contributed by atoms with E-state index >= 15 is 0 Å². The number of rotatable bonds is 1. The number of nitrogens with zero attached hydrogens (tertiary/aromatic N) is 1. The fraction of sp³-hybridized carbons (Fsp3) is 0. The van der Waals surface area contributed by atoms with Crippen molar-refractivity contribution in [3.05, 3.63) is 53.8 Å². The highest BCUT2D eigenvalue weighted by Gasteiger charge is 1.92. The Morgan fingerprint density at radius 3 is 2.50 bits per heavy atom. The minimum absolute atomic E-state index is 0.759. The lowest BCUT2D eigenvalue weighted by molar-refractivity contribution is 1.08. The van der Waals surface area contributed by atoms with Crippen LogP contribution in [0.1, 0.15) is 0 Å². The summed E-state index contributed by atoms with van der Waals surface area (Å²) in [6.07, 6.45) is 3.83. The lowest BCUT2D eigenvalue weighted by Gasteiger charge is -2.01. The number of aromatic nitrogens is 1. The summed E-state index contributed by atoms with van der Waals surface area (Å²) in [6, 6.07) is 12.5. The van der Waals surface area contributed by atoms with Crippen LogP contribution in [-0.2, 0) is 0 Å². The molecule has 1 aromatic carbocycles. The third-order valence-corrected chi connectivity index (χ3v) is 1.92. The molecule has 0 N–H and O–H groups in total. The van der Waals surface area contributed by atoms with Crippen LogP contribution in [0.25, 0.3) is 5.69 Å². The van der Waals surface area contributed by atoms with Crippen LogP contribution in [0.15, 0.2) is 42.7 Å². The molecule has 1 aromatic heterocycles. The molecule has 1 radical (unpaired) electrons.